The summed E-state index contributed by atoms with van der Waals surface area (Å²) in [6, 6.07) is 1.34. The summed E-state index contributed by atoms with van der Waals surface area (Å²) in [5.74, 6) is 0.720. The predicted molar refractivity (Wildman–Crippen MR) is 75.9 cm³/mol. The largest absolute Gasteiger partial charge is 0.380 e. The van der Waals surface area contributed by atoms with Crippen LogP contribution in [0.5, 0.6) is 0 Å². The van der Waals surface area contributed by atoms with Crippen molar-refractivity contribution >= 4 is 0 Å². The SMILES string of the molecule is CCNC1CCN(C2(C)CCCOC2)C(C)C1C. The van der Waals surface area contributed by atoms with Gasteiger partial charge >= 0.3 is 0 Å². The maximum atomic E-state index is 5.74. The summed E-state index contributed by atoms with van der Waals surface area (Å²) in [5.41, 5.74) is 0.267. The topological polar surface area (TPSA) is 24.5 Å². The van der Waals surface area contributed by atoms with Crippen LogP contribution in [-0.4, -0.2) is 48.8 Å². The molecule has 0 aromatic rings. The zero-order chi connectivity index (χ0) is 13.2. The third-order valence-electron chi connectivity index (χ3n) is 5.14. The second-order valence-corrected chi connectivity index (χ2v) is 6.40. The molecule has 0 radical (unpaired) electrons. The molecule has 3 heteroatoms. The van der Waals surface area contributed by atoms with Crippen LogP contribution in [-0.2, 0) is 4.74 Å². The maximum absolute atomic E-state index is 5.74. The van der Waals surface area contributed by atoms with Gasteiger partial charge in [-0.15, -0.1) is 0 Å². The van der Waals surface area contributed by atoms with Crippen molar-refractivity contribution in [2.45, 2.75) is 64.6 Å². The van der Waals surface area contributed by atoms with Crippen LogP contribution in [0.25, 0.3) is 0 Å². The molecule has 2 aliphatic rings. The number of piperidine rings is 1. The molecule has 0 aromatic heterocycles. The summed E-state index contributed by atoms with van der Waals surface area (Å²) < 4.78 is 5.74. The van der Waals surface area contributed by atoms with E-state index in [1.165, 1.54) is 25.8 Å². The van der Waals surface area contributed by atoms with Crippen LogP contribution in [0.3, 0.4) is 0 Å². The predicted octanol–water partition coefficient (Wildman–Crippen LogP) is 2.26. The summed E-state index contributed by atoms with van der Waals surface area (Å²) in [4.78, 5) is 2.71. The molecule has 0 bridgehead atoms. The van der Waals surface area contributed by atoms with E-state index in [9.17, 15) is 0 Å². The van der Waals surface area contributed by atoms with Gasteiger partial charge in [-0.2, -0.15) is 0 Å². The highest BCUT2D eigenvalue weighted by molar-refractivity contribution is 4.97. The van der Waals surface area contributed by atoms with Gasteiger partial charge in [-0.3, -0.25) is 4.90 Å². The molecule has 106 valence electrons. The van der Waals surface area contributed by atoms with E-state index >= 15 is 0 Å². The lowest BCUT2D eigenvalue weighted by atomic mass is 9.81. The monoisotopic (exact) mass is 254 g/mol. The molecule has 2 heterocycles. The van der Waals surface area contributed by atoms with Gasteiger partial charge in [-0.25, -0.2) is 0 Å². The third-order valence-corrected chi connectivity index (χ3v) is 5.14. The van der Waals surface area contributed by atoms with Crippen molar-refractivity contribution in [1.29, 1.82) is 0 Å². The molecule has 0 aliphatic carbocycles. The zero-order valence-electron chi connectivity index (χ0n) is 12.5. The van der Waals surface area contributed by atoms with Gasteiger partial charge in [0.15, 0.2) is 0 Å². The Bertz CT molecular complexity index is 263. The average Bonchev–Trinajstić information content (AvgIpc) is 2.36. The van der Waals surface area contributed by atoms with E-state index in [2.05, 4.69) is 37.9 Å². The molecule has 2 saturated heterocycles. The van der Waals surface area contributed by atoms with Gasteiger partial charge in [-0.1, -0.05) is 13.8 Å². The Labute approximate surface area is 112 Å². The van der Waals surface area contributed by atoms with Crippen molar-refractivity contribution < 1.29 is 4.74 Å². The van der Waals surface area contributed by atoms with Gasteiger partial charge in [0.1, 0.15) is 0 Å². The summed E-state index contributed by atoms with van der Waals surface area (Å²) in [6.45, 7) is 13.6. The number of ether oxygens (including phenoxy) is 1. The van der Waals surface area contributed by atoms with Crippen LogP contribution in [0.15, 0.2) is 0 Å². The second-order valence-electron chi connectivity index (χ2n) is 6.40. The minimum Gasteiger partial charge on any atom is -0.380 e. The van der Waals surface area contributed by atoms with Crippen LogP contribution in [0, 0.1) is 5.92 Å². The average molecular weight is 254 g/mol. The fourth-order valence-corrected chi connectivity index (χ4v) is 3.82. The van der Waals surface area contributed by atoms with Crippen molar-refractivity contribution in [2.24, 2.45) is 5.92 Å². The smallest absolute Gasteiger partial charge is 0.0647 e. The quantitative estimate of drug-likeness (QED) is 0.836. The van der Waals surface area contributed by atoms with E-state index in [1.807, 2.05) is 0 Å². The Morgan fingerprint density at radius 2 is 2.17 bits per heavy atom. The number of hydrogen-bond acceptors (Lipinski definition) is 3. The van der Waals surface area contributed by atoms with Crippen LogP contribution in [0.4, 0.5) is 0 Å². The summed E-state index contributed by atoms with van der Waals surface area (Å²) >= 11 is 0. The first kappa shape index (κ1) is 14.3. The molecule has 2 aliphatic heterocycles. The molecule has 1 N–H and O–H groups in total. The van der Waals surface area contributed by atoms with E-state index in [4.69, 9.17) is 4.74 Å². The molecule has 0 aromatic carbocycles. The fourth-order valence-electron chi connectivity index (χ4n) is 3.82. The van der Waals surface area contributed by atoms with E-state index in [1.54, 1.807) is 0 Å². The molecule has 0 amide bonds. The standard InChI is InChI=1S/C15H30N2O/c1-5-16-14-7-9-17(13(3)12(14)2)15(4)8-6-10-18-11-15/h12-14,16H,5-11H2,1-4H3. The van der Waals surface area contributed by atoms with Gasteiger partial charge in [0.05, 0.1) is 6.61 Å². The normalized spacial score (nSPS) is 43.0. The molecule has 4 unspecified atom stereocenters. The van der Waals surface area contributed by atoms with Gasteiger partial charge in [0.25, 0.3) is 0 Å². The first-order chi connectivity index (χ1) is 8.58. The summed E-state index contributed by atoms with van der Waals surface area (Å²) in [5, 5.41) is 3.64. The first-order valence-electron chi connectivity index (χ1n) is 7.66. The number of nitrogens with one attached hydrogen (secondary N) is 1. The van der Waals surface area contributed by atoms with Gasteiger partial charge in [0, 0.05) is 30.8 Å². The van der Waals surface area contributed by atoms with Crippen molar-refractivity contribution in [3.05, 3.63) is 0 Å². The lowest BCUT2D eigenvalue weighted by Gasteiger charge is -2.52. The highest BCUT2D eigenvalue weighted by Crippen LogP contribution is 2.34. The Morgan fingerprint density at radius 3 is 2.78 bits per heavy atom. The second kappa shape index (κ2) is 5.89. The lowest BCUT2D eigenvalue weighted by molar-refractivity contribution is -0.0809. The molecule has 18 heavy (non-hydrogen) atoms. The Morgan fingerprint density at radius 1 is 1.39 bits per heavy atom. The molecular weight excluding hydrogens is 224 g/mol. The highest BCUT2D eigenvalue weighted by atomic mass is 16.5. The van der Waals surface area contributed by atoms with E-state index in [0.717, 1.165) is 25.7 Å². The molecule has 4 atom stereocenters. The molecule has 0 spiro atoms. The van der Waals surface area contributed by atoms with Crippen molar-refractivity contribution in [2.75, 3.05) is 26.3 Å². The van der Waals surface area contributed by atoms with E-state index < -0.39 is 0 Å². The van der Waals surface area contributed by atoms with Crippen LogP contribution < -0.4 is 5.32 Å². The Hall–Kier alpha value is -0.120. The van der Waals surface area contributed by atoms with Crippen LogP contribution in [0.2, 0.25) is 0 Å². The van der Waals surface area contributed by atoms with E-state index in [-0.39, 0.29) is 5.54 Å². The minimum atomic E-state index is 0.267. The third kappa shape index (κ3) is 2.73. The first-order valence-corrected chi connectivity index (χ1v) is 7.66. The number of likely N-dealkylation sites (tertiary alicyclic amines) is 1. The number of nitrogens with zero attached hydrogens (tertiary/aromatic N) is 1. The fraction of sp³-hybridized carbons (Fsp3) is 1.00. The molecular formula is C15H30N2O. The molecule has 3 nitrogen and oxygen atoms in total. The number of hydrogen-bond donors (Lipinski definition) is 1. The zero-order valence-corrected chi connectivity index (χ0v) is 12.5. The van der Waals surface area contributed by atoms with Crippen molar-refractivity contribution in [1.82, 2.24) is 10.2 Å². The molecule has 0 saturated carbocycles. The summed E-state index contributed by atoms with van der Waals surface area (Å²) in [6.07, 6.45) is 3.77. The summed E-state index contributed by atoms with van der Waals surface area (Å²) in [7, 11) is 0. The van der Waals surface area contributed by atoms with Crippen LogP contribution in [0.1, 0.15) is 47.0 Å². The molecule has 2 fully saturated rings. The van der Waals surface area contributed by atoms with Gasteiger partial charge < -0.3 is 10.1 Å². The van der Waals surface area contributed by atoms with Crippen LogP contribution >= 0.6 is 0 Å². The van der Waals surface area contributed by atoms with Gasteiger partial charge in [-0.05, 0) is 45.6 Å². The molecule has 2 rings (SSSR count). The van der Waals surface area contributed by atoms with E-state index in [0.29, 0.717) is 12.1 Å². The van der Waals surface area contributed by atoms with Gasteiger partial charge in [0.2, 0.25) is 0 Å². The van der Waals surface area contributed by atoms with Crippen molar-refractivity contribution in [3.8, 4) is 0 Å². The lowest BCUT2D eigenvalue weighted by Crippen LogP contribution is -2.62. The highest BCUT2D eigenvalue weighted by Gasteiger charge is 2.42. The Kier molecular flexibility index (Phi) is 4.68. The van der Waals surface area contributed by atoms with Crippen molar-refractivity contribution in [3.63, 3.8) is 0 Å². The number of rotatable bonds is 3. The maximum Gasteiger partial charge on any atom is 0.0647 e. The minimum absolute atomic E-state index is 0.267. The Balaban J connectivity index is 2.02.